The second kappa shape index (κ2) is 4.31. The van der Waals surface area contributed by atoms with Crippen molar-refractivity contribution in [3.05, 3.63) is 23.8 Å². The van der Waals surface area contributed by atoms with E-state index in [1.54, 1.807) is 0 Å². The van der Waals surface area contributed by atoms with Gasteiger partial charge in [-0.15, -0.1) is 0 Å². The lowest BCUT2D eigenvalue weighted by Crippen LogP contribution is -2.09. The molecule has 0 N–H and O–H groups in total. The molecule has 0 bridgehead atoms. The van der Waals surface area contributed by atoms with Gasteiger partial charge in [0, 0.05) is 0 Å². The Hall–Kier alpha value is -0.763. The fraction of sp³-hybridized carbons (Fsp3) is 0.400. The van der Waals surface area contributed by atoms with E-state index in [9.17, 15) is 0 Å². The summed E-state index contributed by atoms with van der Waals surface area (Å²) in [4.78, 5) is 0. The van der Waals surface area contributed by atoms with Crippen LogP contribution in [0.1, 0.15) is 19.4 Å². The van der Waals surface area contributed by atoms with Crippen molar-refractivity contribution in [1.82, 2.24) is 0 Å². The maximum atomic E-state index is 5.36. The minimum Gasteiger partial charge on any atom is -0.494 e. The molecule has 1 rings (SSSR count). The maximum Gasteiger partial charge on any atom is 0.119 e. The summed E-state index contributed by atoms with van der Waals surface area (Å²) in [7, 11) is 3.55. The summed E-state index contributed by atoms with van der Waals surface area (Å²) >= 11 is 0. The van der Waals surface area contributed by atoms with E-state index >= 15 is 0 Å². The Morgan fingerprint density at radius 3 is 2.58 bits per heavy atom. The molecule has 2 heteroatoms. The number of hydrogen-bond acceptors (Lipinski definition) is 1. The van der Waals surface area contributed by atoms with E-state index in [1.807, 2.05) is 19.1 Å². The minimum atomic E-state index is 0.719. The van der Waals surface area contributed by atoms with Crippen LogP contribution in [0.25, 0.3) is 0 Å². The van der Waals surface area contributed by atoms with Crippen LogP contribution in [0.4, 0.5) is 0 Å². The molecule has 1 aromatic rings. The summed E-state index contributed by atoms with van der Waals surface area (Å²) in [5.41, 5.74) is 1.31. The largest absolute Gasteiger partial charge is 0.494 e. The molecule has 0 aliphatic heterocycles. The van der Waals surface area contributed by atoms with Crippen LogP contribution in [0.15, 0.2) is 18.2 Å². The third-order valence-electron chi connectivity index (χ3n) is 1.77. The second-order valence-electron chi connectivity index (χ2n) is 2.61. The quantitative estimate of drug-likeness (QED) is 0.635. The molecule has 1 aromatic carbocycles. The minimum absolute atomic E-state index is 0.719. The van der Waals surface area contributed by atoms with E-state index in [-0.39, 0.29) is 0 Å². The van der Waals surface area contributed by atoms with Gasteiger partial charge in [0.05, 0.1) is 16.8 Å². The van der Waals surface area contributed by atoms with Crippen LogP contribution < -0.4 is 9.92 Å². The van der Waals surface area contributed by atoms with Crippen molar-refractivity contribution in [2.45, 2.75) is 20.3 Å². The zero-order chi connectivity index (χ0) is 8.97. The molecule has 0 spiro atoms. The smallest absolute Gasteiger partial charge is 0.119 e. The van der Waals surface area contributed by atoms with Crippen LogP contribution >= 0.6 is 0 Å². The fourth-order valence-corrected chi connectivity index (χ4v) is 1.52. The maximum absolute atomic E-state index is 5.36. The van der Waals surface area contributed by atoms with Crippen molar-refractivity contribution in [3.63, 3.8) is 0 Å². The lowest BCUT2D eigenvalue weighted by molar-refractivity contribution is 0.340. The Morgan fingerprint density at radius 1 is 1.33 bits per heavy atom. The third-order valence-corrected chi connectivity index (χ3v) is 2.24. The van der Waals surface area contributed by atoms with Gasteiger partial charge in [0.2, 0.25) is 0 Å². The van der Waals surface area contributed by atoms with Crippen molar-refractivity contribution in [2.75, 3.05) is 6.61 Å². The monoisotopic (exact) mass is 177 g/mol. The molecule has 0 aliphatic rings. The molecule has 0 saturated carbocycles. The number of hydrogen-bond donors (Lipinski definition) is 0. The van der Waals surface area contributed by atoms with Crippen molar-refractivity contribution in [1.29, 1.82) is 0 Å². The Morgan fingerprint density at radius 2 is 2.08 bits per heavy atom. The Kier molecular flexibility index (Phi) is 3.35. The van der Waals surface area contributed by atoms with Crippen LogP contribution in [0, 0.1) is 0 Å². The van der Waals surface area contributed by atoms with Crippen molar-refractivity contribution in [2.24, 2.45) is 0 Å². The molecule has 12 heavy (non-hydrogen) atoms. The van der Waals surface area contributed by atoms with E-state index in [0.717, 1.165) is 24.0 Å². The Bertz CT molecular complexity index is 258. The van der Waals surface area contributed by atoms with Crippen LogP contribution in [-0.4, -0.2) is 16.8 Å². The molecule has 1 nitrogen and oxygen atoms in total. The van der Waals surface area contributed by atoms with Gasteiger partial charge in [-0.1, -0.05) is 18.2 Å². The van der Waals surface area contributed by atoms with Gasteiger partial charge < -0.3 is 4.74 Å². The highest BCUT2D eigenvalue weighted by molar-refractivity contribution is 6.33. The Labute approximate surface area is 77.2 Å². The van der Waals surface area contributed by atoms with Crippen molar-refractivity contribution in [3.8, 4) is 5.75 Å². The first-order valence-electron chi connectivity index (χ1n) is 4.25. The Balaban J connectivity index is 2.86. The molecule has 0 heterocycles. The zero-order valence-corrected chi connectivity index (χ0v) is 8.55. The van der Waals surface area contributed by atoms with E-state index in [2.05, 4.69) is 23.2 Å². The van der Waals surface area contributed by atoms with Gasteiger partial charge in [0.15, 0.2) is 0 Å². The van der Waals surface area contributed by atoms with E-state index in [1.165, 1.54) is 5.56 Å². The predicted molar refractivity (Wildman–Crippen MR) is 52.4 cm³/mol. The van der Waals surface area contributed by atoms with Crippen molar-refractivity contribution >= 4 is 15.4 Å². The van der Waals surface area contributed by atoms with E-state index in [4.69, 9.17) is 4.74 Å². The summed E-state index contributed by atoms with van der Waals surface area (Å²) < 4.78 is 5.36. The normalized spacial score (nSPS) is 9.92. The third kappa shape index (κ3) is 2.11. The molecule has 63 valence electrons. The van der Waals surface area contributed by atoms with Gasteiger partial charge in [-0.3, -0.25) is 0 Å². The molecule has 0 aromatic heterocycles. The van der Waals surface area contributed by atoms with Crippen LogP contribution in [0.2, 0.25) is 0 Å². The molecular formula is C10H13OSi. The molecule has 0 aliphatic carbocycles. The summed E-state index contributed by atoms with van der Waals surface area (Å²) in [6.45, 7) is 4.84. The summed E-state index contributed by atoms with van der Waals surface area (Å²) in [5.74, 6) is 0.930. The van der Waals surface area contributed by atoms with Crippen LogP contribution in [0.3, 0.4) is 0 Å². The van der Waals surface area contributed by atoms with Gasteiger partial charge in [-0.2, -0.15) is 0 Å². The average Bonchev–Trinajstić information content (AvgIpc) is 2.05. The SMILES string of the molecule is CCOc1ccc(CC)c([Si])c1. The number of benzene rings is 1. The van der Waals surface area contributed by atoms with Crippen molar-refractivity contribution < 1.29 is 4.74 Å². The highest BCUT2D eigenvalue weighted by Crippen LogP contribution is 2.09. The standard InChI is InChI=1S/C10H13OSi/c1-3-8-5-6-9(11-4-2)7-10(8)12/h5-7H,3-4H2,1-2H3. The van der Waals surface area contributed by atoms with Crippen LogP contribution in [-0.2, 0) is 6.42 Å². The molecule has 0 amide bonds. The summed E-state index contributed by atoms with van der Waals surface area (Å²) in [5, 5.41) is 1.13. The topological polar surface area (TPSA) is 9.23 Å². The molecular weight excluding hydrogens is 164 g/mol. The van der Waals surface area contributed by atoms with Crippen LogP contribution in [0.5, 0.6) is 5.75 Å². The van der Waals surface area contributed by atoms with Gasteiger partial charge in [-0.25, -0.2) is 0 Å². The van der Waals surface area contributed by atoms with E-state index in [0.29, 0.717) is 0 Å². The first kappa shape index (κ1) is 9.33. The predicted octanol–water partition coefficient (Wildman–Crippen LogP) is 1.44. The molecule has 0 fully saturated rings. The van der Waals surface area contributed by atoms with Gasteiger partial charge in [0.1, 0.15) is 5.75 Å². The highest BCUT2D eigenvalue weighted by Gasteiger charge is 1.97. The molecule has 3 radical (unpaired) electrons. The summed E-state index contributed by atoms with van der Waals surface area (Å²) in [6, 6.07) is 6.11. The summed E-state index contributed by atoms with van der Waals surface area (Å²) in [6.07, 6.45) is 1.05. The number of aryl methyl sites for hydroxylation is 1. The lowest BCUT2D eigenvalue weighted by Gasteiger charge is -2.06. The average molecular weight is 177 g/mol. The fourth-order valence-electron chi connectivity index (χ4n) is 1.12. The second-order valence-corrected chi connectivity index (χ2v) is 3.14. The highest BCUT2D eigenvalue weighted by atomic mass is 28.1. The molecule has 0 unspecified atom stereocenters. The zero-order valence-electron chi connectivity index (χ0n) is 7.55. The number of rotatable bonds is 3. The van der Waals surface area contributed by atoms with Gasteiger partial charge in [-0.05, 0) is 31.0 Å². The van der Waals surface area contributed by atoms with Gasteiger partial charge in [0.25, 0.3) is 0 Å². The van der Waals surface area contributed by atoms with Gasteiger partial charge >= 0.3 is 0 Å². The van der Waals surface area contributed by atoms with E-state index < -0.39 is 0 Å². The molecule has 0 atom stereocenters. The number of ether oxygens (including phenoxy) is 1. The lowest BCUT2D eigenvalue weighted by atomic mass is 10.2. The first-order valence-corrected chi connectivity index (χ1v) is 4.75. The first-order chi connectivity index (χ1) is 5.77. The molecule has 0 saturated heterocycles.